The van der Waals surface area contributed by atoms with E-state index in [2.05, 4.69) is 24.2 Å². The third-order valence-electron chi connectivity index (χ3n) is 2.73. The summed E-state index contributed by atoms with van der Waals surface area (Å²) in [4.78, 5) is 1.04. The van der Waals surface area contributed by atoms with Gasteiger partial charge in [0.2, 0.25) is 0 Å². The zero-order valence-corrected chi connectivity index (χ0v) is 11.8. The molecular weight excluding hydrogens is 263 g/mol. The standard InChI is InChI=1S/C13H17FN4S/c1-9(2)12-13(15)16-17-18(12)7-8-19-11-5-3-10(14)4-6-11/h3-6,9H,7-8,15H2,1-2H3. The maximum atomic E-state index is 12.8. The van der Waals surface area contributed by atoms with Crippen LogP contribution in [-0.2, 0) is 6.54 Å². The molecule has 0 spiro atoms. The molecule has 0 radical (unpaired) electrons. The first kappa shape index (κ1) is 13.9. The molecular formula is C13H17FN4S. The van der Waals surface area contributed by atoms with E-state index in [0.717, 1.165) is 22.9 Å². The molecule has 2 N–H and O–H groups in total. The van der Waals surface area contributed by atoms with Gasteiger partial charge in [0.25, 0.3) is 0 Å². The number of benzene rings is 1. The predicted octanol–water partition coefficient (Wildman–Crippen LogP) is 2.92. The van der Waals surface area contributed by atoms with Crippen LogP contribution in [0.4, 0.5) is 10.2 Å². The van der Waals surface area contributed by atoms with Gasteiger partial charge in [-0.15, -0.1) is 16.9 Å². The summed E-state index contributed by atoms with van der Waals surface area (Å²) in [6.07, 6.45) is 0. The van der Waals surface area contributed by atoms with Gasteiger partial charge in [0.05, 0.1) is 12.2 Å². The molecule has 0 atom stereocenters. The zero-order chi connectivity index (χ0) is 13.8. The van der Waals surface area contributed by atoms with E-state index in [1.54, 1.807) is 23.9 Å². The number of thioether (sulfide) groups is 1. The Kier molecular flexibility index (Phi) is 4.42. The third-order valence-corrected chi connectivity index (χ3v) is 3.73. The lowest BCUT2D eigenvalue weighted by Gasteiger charge is -2.09. The highest BCUT2D eigenvalue weighted by Gasteiger charge is 2.13. The van der Waals surface area contributed by atoms with Crippen LogP contribution in [-0.4, -0.2) is 20.7 Å². The van der Waals surface area contributed by atoms with Crippen LogP contribution in [0.2, 0.25) is 0 Å². The molecule has 4 nitrogen and oxygen atoms in total. The van der Waals surface area contributed by atoms with Gasteiger partial charge >= 0.3 is 0 Å². The molecule has 6 heteroatoms. The van der Waals surface area contributed by atoms with E-state index >= 15 is 0 Å². The number of hydrogen-bond acceptors (Lipinski definition) is 4. The van der Waals surface area contributed by atoms with E-state index in [9.17, 15) is 4.39 Å². The second-order valence-corrected chi connectivity index (χ2v) is 5.71. The van der Waals surface area contributed by atoms with Crippen LogP contribution >= 0.6 is 11.8 Å². The average molecular weight is 280 g/mol. The molecule has 0 unspecified atom stereocenters. The van der Waals surface area contributed by atoms with Gasteiger partial charge in [-0.3, -0.25) is 0 Å². The number of nitrogens with zero attached hydrogens (tertiary/aromatic N) is 3. The Morgan fingerprint density at radius 3 is 2.63 bits per heavy atom. The minimum atomic E-state index is -0.213. The number of nitrogen functional groups attached to an aromatic ring is 1. The van der Waals surface area contributed by atoms with Crippen LogP contribution in [0.3, 0.4) is 0 Å². The number of aryl methyl sites for hydroxylation is 1. The van der Waals surface area contributed by atoms with Crippen molar-refractivity contribution in [3.63, 3.8) is 0 Å². The summed E-state index contributed by atoms with van der Waals surface area (Å²) in [6.45, 7) is 4.87. The lowest BCUT2D eigenvalue weighted by molar-refractivity contribution is 0.584. The molecule has 0 aliphatic heterocycles. The van der Waals surface area contributed by atoms with E-state index in [1.807, 2.05) is 4.68 Å². The highest BCUT2D eigenvalue weighted by Crippen LogP contribution is 2.21. The van der Waals surface area contributed by atoms with Crippen molar-refractivity contribution < 1.29 is 4.39 Å². The number of anilines is 1. The Labute approximate surface area is 116 Å². The van der Waals surface area contributed by atoms with Gasteiger partial charge in [-0.25, -0.2) is 9.07 Å². The molecule has 0 amide bonds. The molecule has 0 aliphatic carbocycles. The van der Waals surface area contributed by atoms with Crippen molar-refractivity contribution >= 4 is 17.6 Å². The number of halogens is 1. The first-order valence-electron chi connectivity index (χ1n) is 6.15. The van der Waals surface area contributed by atoms with E-state index in [-0.39, 0.29) is 5.82 Å². The Bertz CT molecular complexity index is 536. The monoisotopic (exact) mass is 280 g/mol. The van der Waals surface area contributed by atoms with Gasteiger partial charge in [0.1, 0.15) is 5.82 Å². The van der Waals surface area contributed by atoms with Crippen molar-refractivity contribution in [3.8, 4) is 0 Å². The second-order valence-electron chi connectivity index (χ2n) is 4.54. The largest absolute Gasteiger partial charge is 0.381 e. The fourth-order valence-electron chi connectivity index (χ4n) is 1.87. The summed E-state index contributed by atoms with van der Waals surface area (Å²) in [7, 11) is 0. The van der Waals surface area contributed by atoms with E-state index in [0.29, 0.717) is 11.7 Å². The summed E-state index contributed by atoms with van der Waals surface area (Å²) in [5.74, 6) is 1.43. The molecule has 1 aromatic carbocycles. The molecule has 0 saturated heterocycles. The van der Waals surface area contributed by atoms with Crippen LogP contribution in [0.1, 0.15) is 25.5 Å². The lowest BCUT2D eigenvalue weighted by Crippen LogP contribution is -2.09. The van der Waals surface area contributed by atoms with Crippen molar-refractivity contribution in [1.82, 2.24) is 15.0 Å². The highest BCUT2D eigenvalue weighted by molar-refractivity contribution is 7.99. The number of rotatable bonds is 5. The summed E-state index contributed by atoms with van der Waals surface area (Å²) in [6, 6.07) is 6.49. The van der Waals surface area contributed by atoms with Crippen LogP contribution < -0.4 is 5.73 Å². The van der Waals surface area contributed by atoms with E-state index in [1.165, 1.54) is 12.1 Å². The smallest absolute Gasteiger partial charge is 0.169 e. The Hall–Kier alpha value is -1.56. The maximum Gasteiger partial charge on any atom is 0.169 e. The highest BCUT2D eigenvalue weighted by atomic mass is 32.2. The SMILES string of the molecule is CC(C)c1c(N)nnn1CCSc1ccc(F)cc1. The summed E-state index contributed by atoms with van der Waals surface area (Å²) < 4.78 is 14.6. The van der Waals surface area contributed by atoms with Crippen molar-refractivity contribution in [2.75, 3.05) is 11.5 Å². The minimum absolute atomic E-state index is 0.213. The van der Waals surface area contributed by atoms with Crippen LogP contribution in [0, 0.1) is 5.82 Å². The average Bonchev–Trinajstić information content (AvgIpc) is 2.73. The first-order chi connectivity index (χ1) is 9.08. The molecule has 102 valence electrons. The van der Waals surface area contributed by atoms with Crippen molar-refractivity contribution in [2.45, 2.75) is 31.2 Å². The van der Waals surface area contributed by atoms with Crippen molar-refractivity contribution in [3.05, 3.63) is 35.8 Å². The molecule has 1 aromatic heterocycles. The normalized spacial score (nSPS) is 11.2. The van der Waals surface area contributed by atoms with Crippen LogP contribution in [0.15, 0.2) is 29.2 Å². The number of nitrogens with two attached hydrogens (primary N) is 1. The Morgan fingerprint density at radius 2 is 2.00 bits per heavy atom. The number of aromatic nitrogens is 3. The quantitative estimate of drug-likeness (QED) is 0.856. The van der Waals surface area contributed by atoms with E-state index < -0.39 is 0 Å². The predicted molar refractivity (Wildman–Crippen MR) is 75.6 cm³/mol. The zero-order valence-electron chi connectivity index (χ0n) is 11.0. The van der Waals surface area contributed by atoms with Gasteiger partial charge in [-0.05, 0) is 30.2 Å². The van der Waals surface area contributed by atoms with Gasteiger partial charge < -0.3 is 5.73 Å². The Morgan fingerprint density at radius 1 is 1.32 bits per heavy atom. The second kappa shape index (κ2) is 6.06. The maximum absolute atomic E-state index is 12.8. The summed E-state index contributed by atoms with van der Waals surface area (Å²) in [5.41, 5.74) is 6.77. The summed E-state index contributed by atoms with van der Waals surface area (Å²) >= 11 is 1.66. The third kappa shape index (κ3) is 3.47. The molecule has 2 aromatic rings. The molecule has 19 heavy (non-hydrogen) atoms. The van der Waals surface area contributed by atoms with Crippen LogP contribution in [0.5, 0.6) is 0 Å². The van der Waals surface area contributed by atoms with Crippen LogP contribution in [0.25, 0.3) is 0 Å². The number of hydrogen-bond donors (Lipinski definition) is 1. The first-order valence-corrected chi connectivity index (χ1v) is 7.13. The molecule has 0 bridgehead atoms. The molecule has 0 saturated carbocycles. The van der Waals surface area contributed by atoms with Crippen molar-refractivity contribution in [1.29, 1.82) is 0 Å². The summed E-state index contributed by atoms with van der Waals surface area (Å²) in [5, 5.41) is 7.96. The van der Waals surface area contributed by atoms with Gasteiger partial charge in [-0.2, -0.15) is 0 Å². The van der Waals surface area contributed by atoms with E-state index in [4.69, 9.17) is 5.73 Å². The van der Waals surface area contributed by atoms with Gasteiger partial charge in [0.15, 0.2) is 5.82 Å². The topological polar surface area (TPSA) is 56.7 Å². The molecule has 1 heterocycles. The molecule has 0 fully saturated rings. The Balaban J connectivity index is 1.94. The lowest BCUT2D eigenvalue weighted by atomic mass is 10.1. The minimum Gasteiger partial charge on any atom is -0.381 e. The van der Waals surface area contributed by atoms with Gasteiger partial charge in [-0.1, -0.05) is 19.1 Å². The fraction of sp³-hybridized carbons (Fsp3) is 0.385. The van der Waals surface area contributed by atoms with Crippen molar-refractivity contribution in [2.24, 2.45) is 0 Å². The molecule has 0 aliphatic rings. The fourth-order valence-corrected chi connectivity index (χ4v) is 2.70. The molecule has 2 rings (SSSR count). The van der Waals surface area contributed by atoms with Gasteiger partial charge in [0, 0.05) is 10.6 Å².